The van der Waals surface area contributed by atoms with Crippen molar-refractivity contribution in [1.82, 2.24) is 0 Å². The number of carbonyl (C=O) groups excluding carboxylic acids is 1. The highest BCUT2D eigenvalue weighted by molar-refractivity contribution is 5.72. The van der Waals surface area contributed by atoms with Gasteiger partial charge in [-0.3, -0.25) is 4.79 Å². The Bertz CT molecular complexity index is 965. The molecule has 0 spiro atoms. The normalized spacial score (nSPS) is 31.2. The molecule has 3 atom stereocenters. The molecular formula is C30H40O3. The molecule has 1 aliphatic heterocycles. The number of rotatable bonds is 9. The Morgan fingerprint density at radius 2 is 1.24 bits per heavy atom. The Balaban J connectivity index is 1.92. The van der Waals surface area contributed by atoms with Gasteiger partial charge in [0.2, 0.25) is 0 Å². The van der Waals surface area contributed by atoms with Crippen molar-refractivity contribution in [2.45, 2.75) is 78.6 Å². The monoisotopic (exact) mass is 448 g/mol. The minimum absolute atomic E-state index is 0.0918. The molecule has 1 heterocycles. The number of carbonyl (C=O) groups is 1. The minimum Gasteiger partial charge on any atom is -0.393 e. The molecule has 0 bridgehead atoms. The third kappa shape index (κ3) is 6.99. The highest BCUT2D eigenvalue weighted by atomic mass is 16.6. The number of hydrogen-bond donors (Lipinski definition) is 1. The number of ether oxygens (including phenoxy) is 1. The van der Waals surface area contributed by atoms with Crippen LogP contribution in [0.2, 0.25) is 0 Å². The van der Waals surface area contributed by atoms with E-state index in [1.807, 2.05) is 37.3 Å². The number of epoxide rings is 1. The molecule has 178 valence electrons. The van der Waals surface area contributed by atoms with Crippen LogP contribution in [0.15, 0.2) is 95.2 Å². The molecule has 2 rings (SSSR count). The van der Waals surface area contributed by atoms with Gasteiger partial charge in [0.05, 0.1) is 6.10 Å². The highest BCUT2D eigenvalue weighted by Gasteiger charge is 2.74. The van der Waals surface area contributed by atoms with Gasteiger partial charge < -0.3 is 9.84 Å². The van der Waals surface area contributed by atoms with Gasteiger partial charge in [-0.2, -0.15) is 0 Å². The van der Waals surface area contributed by atoms with Crippen LogP contribution in [0.4, 0.5) is 0 Å². The number of aliphatic hydroxyl groups is 1. The maximum atomic E-state index is 10.6. The topological polar surface area (TPSA) is 49.8 Å². The lowest BCUT2D eigenvalue weighted by Crippen LogP contribution is -2.46. The second-order valence-corrected chi connectivity index (χ2v) is 10.2. The van der Waals surface area contributed by atoms with Crippen molar-refractivity contribution < 1.29 is 14.6 Å². The summed E-state index contributed by atoms with van der Waals surface area (Å²) in [5.74, 6) is 0. The summed E-state index contributed by atoms with van der Waals surface area (Å²) in [4.78, 5) is 10.6. The molecule has 2 aliphatic rings. The third-order valence-corrected chi connectivity index (χ3v) is 6.54. The SMILES string of the molecule is C\C(C=O)=C/C=C/C(C)=C/C=C/C=C(C)/C=C/C=C(C)/C=C/[C@@]12O[C@]1(C)C[C@@H](O)CC2(C)C. The largest absolute Gasteiger partial charge is 0.393 e. The molecule has 0 amide bonds. The molecule has 0 radical (unpaired) electrons. The standard InChI is InChI=1S/C30H40O3/c1-23(12-8-9-13-24(2)15-11-17-26(4)22-31)14-10-16-25(3)18-19-30-28(5,6)20-27(32)21-29(30,7)33-30/h8-19,22,27,32H,20-21H2,1-7H3/b9-8+,14-10+,15-11+,19-18+,23-12+,24-13+,25-16+,26-17+/t27-,29+,30-/m0/s1. The van der Waals surface area contributed by atoms with Gasteiger partial charge in [0, 0.05) is 11.8 Å². The van der Waals surface area contributed by atoms with Crippen LogP contribution in [0.1, 0.15) is 61.3 Å². The zero-order valence-corrected chi connectivity index (χ0v) is 21.3. The predicted octanol–water partition coefficient (Wildman–Crippen LogP) is 6.90. The van der Waals surface area contributed by atoms with Crippen molar-refractivity contribution in [1.29, 1.82) is 0 Å². The van der Waals surface area contributed by atoms with E-state index in [2.05, 4.69) is 71.1 Å². The van der Waals surface area contributed by atoms with Gasteiger partial charge in [-0.25, -0.2) is 0 Å². The summed E-state index contributed by atoms with van der Waals surface area (Å²) in [6.45, 7) is 14.4. The van der Waals surface area contributed by atoms with Crippen LogP contribution in [-0.4, -0.2) is 28.7 Å². The van der Waals surface area contributed by atoms with Gasteiger partial charge >= 0.3 is 0 Å². The fraction of sp³-hybridized carbons (Fsp3) is 0.433. The van der Waals surface area contributed by atoms with Gasteiger partial charge in [-0.05, 0) is 52.7 Å². The van der Waals surface area contributed by atoms with Crippen molar-refractivity contribution in [3.8, 4) is 0 Å². The van der Waals surface area contributed by atoms with Crippen molar-refractivity contribution in [2.24, 2.45) is 5.41 Å². The first kappa shape index (κ1) is 26.8. The zero-order chi connectivity index (χ0) is 24.7. The summed E-state index contributed by atoms with van der Waals surface area (Å²) < 4.78 is 6.21. The molecule has 1 saturated heterocycles. The Kier molecular flexibility index (Phi) is 8.99. The molecule has 0 aromatic rings. The fourth-order valence-electron chi connectivity index (χ4n) is 4.65. The average Bonchev–Trinajstić information content (AvgIpc) is 3.35. The molecule has 1 aliphatic carbocycles. The van der Waals surface area contributed by atoms with Gasteiger partial charge in [0.1, 0.15) is 17.5 Å². The lowest BCUT2D eigenvalue weighted by Gasteiger charge is -2.39. The van der Waals surface area contributed by atoms with Crippen molar-refractivity contribution in [2.75, 3.05) is 0 Å². The van der Waals surface area contributed by atoms with E-state index in [1.54, 1.807) is 13.0 Å². The van der Waals surface area contributed by atoms with Crippen molar-refractivity contribution in [3.63, 3.8) is 0 Å². The lowest BCUT2D eigenvalue weighted by atomic mass is 9.63. The van der Waals surface area contributed by atoms with Crippen molar-refractivity contribution in [3.05, 3.63) is 95.2 Å². The fourth-order valence-corrected chi connectivity index (χ4v) is 4.65. The first-order chi connectivity index (χ1) is 15.4. The smallest absolute Gasteiger partial charge is 0.145 e. The Hall–Kier alpha value is -2.49. The molecule has 1 saturated carbocycles. The molecule has 0 unspecified atom stereocenters. The van der Waals surface area contributed by atoms with Crippen LogP contribution in [0.25, 0.3) is 0 Å². The molecule has 3 nitrogen and oxygen atoms in total. The van der Waals surface area contributed by atoms with Gasteiger partial charge in [0.15, 0.2) is 0 Å². The number of allylic oxidation sites excluding steroid dienone is 15. The summed E-state index contributed by atoms with van der Waals surface area (Å²) in [7, 11) is 0. The first-order valence-electron chi connectivity index (χ1n) is 11.7. The van der Waals surface area contributed by atoms with E-state index in [0.29, 0.717) is 12.0 Å². The van der Waals surface area contributed by atoms with E-state index in [-0.39, 0.29) is 22.7 Å². The molecular weight excluding hydrogens is 408 g/mol. The number of aldehydes is 1. The van der Waals surface area contributed by atoms with Crippen LogP contribution >= 0.6 is 0 Å². The summed E-state index contributed by atoms with van der Waals surface area (Å²) in [5.41, 5.74) is 3.49. The van der Waals surface area contributed by atoms with Gasteiger partial charge in [-0.15, -0.1) is 0 Å². The lowest BCUT2D eigenvalue weighted by molar-refractivity contribution is -0.104. The second kappa shape index (κ2) is 11.1. The van der Waals surface area contributed by atoms with Crippen LogP contribution in [-0.2, 0) is 9.53 Å². The van der Waals surface area contributed by atoms with Gasteiger partial charge in [0.25, 0.3) is 0 Å². The van der Waals surface area contributed by atoms with E-state index in [4.69, 9.17) is 4.74 Å². The van der Waals surface area contributed by atoms with Crippen LogP contribution < -0.4 is 0 Å². The number of fused-ring (bicyclic) bond motifs is 1. The number of hydrogen-bond acceptors (Lipinski definition) is 3. The molecule has 0 aromatic carbocycles. The predicted molar refractivity (Wildman–Crippen MR) is 139 cm³/mol. The Morgan fingerprint density at radius 3 is 1.76 bits per heavy atom. The van der Waals surface area contributed by atoms with E-state index in [0.717, 1.165) is 29.4 Å². The quantitative estimate of drug-likeness (QED) is 0.181. The molecule has 33 heavy (non-hydrogen) atoms. The molecule has 3 heteroatoms. The molecule has 0 aromatic heterocycles. The van der Waals surface area contributed by atoms with Crippen molar-refractivity contribution >= 4 is 6.29 Å². The van der Waals surface area contributed by atoms with Crippen LogP contribution in [0.5, 0.6) is 0 Å². The summed E-state index contributed by atoms with van der Waals surface area (Å²) in [6, 6.07) is 0. The van der Waals surface area contributed by atoms with E-state index in [1.165, 1.54) is 0 Å². The van der Waals surface area contributed by atoms with Gasteiger partial charge in [-0.1, -0.05) is 97.4 Å². The molecule has 1 N–H and O–H groups in total. The number of aliphatic hydroxyl groups excluding tert-OH is 1. The Labute approximate surface area is 200 Å². The summed E-state index contributed by atoms with van der Waals surface area (Å²) >= 11 is 0. The molecule has 2 fully saturated rings. The zero-order valence-electron chi connectivity index (χ0n) is 21.3. The highest BCUT2D eigenvalue weighted by Crippen LogP contribution is 2.66. The first-order valence-corrected chi connectivity index (χ1v) is 11.7. The maximum Gasteiger partial charge on any atom is 0.145 e. The van der Waals surface area contributed by atoms with Crippen LogP contribution in [0.3, 0.4) is 0 Å². The summed E-state index contributed by atoms with van der Waals surface area (Å²) in [6.07, 6.45) is 26.4. The second-order valence-electron chi connectivity index (χ2n) is 10.2. The minimum atomic E-state index is -0.289. The third-order valence-electron chi connectivity index (χ3n) is 6.54. The maximum absolute atomic E-state index is 10.6. The Morgan fingerprint density at radius 1 is 0.758 bits per heavy atom. The van der Waals surface area contributed by atoms with E-state index < -0.39 is 0 Å². The van der Waals surface area contributed by atoms with Crippen LogP contribution in [0, 0.1) is 5.41 Å². The van der Waals surface area contributed by atoms with E-state index >= 15 is 0 Å². The summed E-state index contributed by atoms with van der Waals surface area (Å²) in [5, 5.41) is 10.2. The van der Waals surface area contributed by atoms with E-state index in [9.17, 15) is 9.90 Å². The average molecular weight is 449 g/mol.